The van der Waals surface area contributed by atoms with Gasteiger partial charge in [-0.2, -0.15) is 0 Å². The summed E-state index contributed by atoms with van der Waals surface area (Å²) < 4.78 is 1.93. The first-order valence-corrected chi connectivity index (χ1v) is 5.40. The first kappa shape index (κ1) is 10.9. The molecule has 1 unspecified atom stereocenters. The quantitative estimate of drug-likeness (QED) is 0.856. The third kappa shape index (κ3) is 1.63. The van der Waals surface area contributed by atoms with E-state index in [2.05, 4.69) is 0 Å². The number of fused-ring (bicyclic) bond motifs is 1. The molecule has 0 radical (unpaired) electrons. The predicted octanol–water partition coefficient (Wildman–Crippen LogP) is 2.19. The molecule has 0 aliphatic carbocycles. The summed E-state index contributed by atoms with van der Waals surface area (Å²) in [7, 11) is 1.91. The SMILES string of the molecule is CCC(=O)C(O)c1cn(C)c2ccccc12. The number of aryl methyl sites for hydroxylation is 1. The van der Waals surface area contributed by atoms with Crippen molar-refractivity contribution in [2.24, 2.45) is 7.05 Å². The Kier molecular flexibility index (Phi) is 2.79. The van der Waals surface area contributed by atoms with Crippen molar-refractivity contribution in [1.29, 1.82) is 0 Å². The molecule has 1 aromatic carbocycles. The van der Waals surface area contributed by atoms with Crippen molar-refractivity contribution in [1.82, 2.24) is 4.57 Å². The zero-order valence-corrected chi connectivity index (χ0v) is 9.47. The monoisotopic (exact) mass is 217 g/mol. The van der Waals surface area contributed by atoms with Gasteiger partial charge in [-0.15, -0.1) is 0 Å². The number of para-hydroxylation sites is 1. The standard InChI is InChI=1S/C13H15NO2/c1-3-12(15)13(16)10-8-14(2)11-7-5-4-6-9(10)11/h4-8,13,16H,3H2,1-2H3. The Morgan fingerprint density at radius 1 is 1.44 bits per heavy atom. The van der Waals surface area contributed by atoms with E-state index in [9.17, 15) is 9.90 Å². The number of carbonyl (C=O) groups is 1. The Morgan fingerprint density at radius 2 is 2.12 bits per heavy atom. The molecule has 1 N–H and O–H groups in total. The van der Waals surface area contributed by atoms with E-state index in [0.717, 1.165) is 10.9 Å². The number of aliphatic hydroxyl groups excluding tert-OH is 1. The molecule has 3 heteroatoms. The third-order valence-corrected chi connectivity index (χ3v) is 2.88. The second kappa shape index (κ2) is 4.10. The maximum absolute atomic E-state index is 11.5. The van der Waals surface area contributed by atoms with Gasteiger partial charge in [0.25, 0.3) is 0 Å². The largest absolute Gasteiger partial charge is 0.380 e. The van der Waals surface area contributed by atoms with E-state index in [1.165, 1.54) is 0 Å². The molecule has 3 nitrogen and oxygen atoms in total. The molecule has 16 heavy (non-hydrogen) atoms. The molecule has 84 valence electrons. The number of rotatable bonds is 3. The molecule has 1 atom stereocenters. The maximum atomic E-state index is 11.5. The van der Waals surface area contributed by atoms with Gasteiger partial charge >= 0.3 is 0 Å². The fraction of sp³-hybridized carbons (Fsp3) is 0.308. The number of carbonyl (C=O) groups excluding carboxylic acids is 1. The molecule has 1 aromatic heterocycles. The van der Waals surface area contributed by atoms with Crippen LogP contribution in [0.1, 0.15) is 25.0 Å². The van der Waals surface area contributed by atoms with E-state index in [4.69, 9.17) is 0 Å². The number of benzene rings is 1. The zero-order chi connectivity index (χ0) is 11.7. The molecular weight excluding hydrogens is 202 g/mol. The van der Waals surface area contributed by atoms with E-state index in [1.807, 2.05) is 42.1 Å². The van der Waals surface area contributed by atoms with E-state index in [-0.39, 0.29) is 5.78 Å². The van der Waals surface area contributed by atoms with Crippen molar-refractivity contribution in [3.05, 3.63) is 36.0 Å². The van der Waals surface area contributed by atoms with Gasteiger partial charge in [-0.25, -0.2) is 0 Å². The number of Topliss-reactive ketones (excluding diaryl/α,β-unsaturated/α-hetero) is 1. The Bertz CT molecular complexity index is 528. The minimum absolute atomic E-state index is 0.142. The number of aliphatic hydroxyl groups is 1. The van der Waals surface area contributed by atoms with Gasteiger partial charge in [0.1, 0.15) is 6.10 Å². The van der Waals surface area contributed by atoms with Crippen LogP contribution >= 0.6 is 0 Å². The normalized spacial score (nSPS) is 12.9. The van der Waals surface area contributed by atoms with Crippen LogP contribution in [0.15, 0.2) is 30.5 Å². The zero-order valence-electron chi connectivity index (χ0n) is 9.47. The number of hydrogen-bond acceptors (Lipinski definition) is 2. The Labute approximate surface area is 94.3 Å². The van der Waals surface area contributed by atoms with Gasteiger partial charge < -0.3 is 9.67 Å². The van der Waals surface area contributed by atoms with Crippen LogP contribution in [0.25, 0.3) is 10.9 Å². The highest BCUT2D eigenvalue weighted by Crippen LogP contribution is 2.26. The highest BCUT2D eigenvalue weighted by Gasteiger charge is 2.19. The van der Waals surface area contributed by atoms with Crippen molar-refractivity contribution in [2.45, 2.75) is 19.4 Å². The van der Waals surface area contributed by atoms with Crippen LogP contribution in [0.5, 0.6) is 0 Å². The van der Waals surface area contributed by atoms with Gasteiger partial charge in [0.15, 0.2) is 5.78 Å². The van der Waals surface area contributed by atoms with Crippen molar-refractivity contribution in [3.8, 4) is 0 Å². The topological polar surface area (TPSA) is 42.2 Å². The molecule has 0 spiro atoms. The van der Waals surface area contributed by atoms with Crippen LogP contribution in [0.4, 0.5) is 0 Å². The lowest BCUT2D eigenvalue weighted by molar-refractivity contribution is -0.127. The lowest BCUT2D eigenvalue weighted by Gasteiger charge is -2.06. The fourth-order valence-corrected chi connectivity index (χ4v) is 1.96. The molecule has 0 bridgehead atoms. The van der Waals surface area contributed by atoms with Gasteiger partial charge in [0.05, 0.1) is 0 Å². The smallest absolute Gasteiger partial charge is 0.165 e. The Hall–Kier alpha value is -1.61. The number of hydrogen-bond donors (Lipinski definition) is 1. The first-order chi connectivity index (χ1) is 7.65. The summed E-state index contributed by atoms with van der Waals surface area (Å²) in [6.07, 6.45) is 1.17. The second-order valence-electron chi connectivity index (χ2n) is 3.93. The van der Waals surface area contributed by atoms with Crippen molar-refractivity contribution in [3.63, 3.8) is 0 Å². The molecular formula is C13H15NO2. The van der Waals surface area contributed by atoms with Crippen molar-refractivity contribution in [2.75, 3.05) is 0 Å². The van der Waals surface area contributed by atoms with Crippen LogP contribution in [0, 0.1) is 0 Å². The summed E-state index contributed by atoms with van der Waals surface area (Å²) in [6.45, 7) is 1.76. The lowest BCUT2D eigenvalue weighted by atomic mass is 10.0. The Morgan fingerprint density at radius 3 is 2.81 bits per heavy atom. The number of nitrogens with zero attached hydrogens (tertiary/aromatic N) is 1. The molecule has 0 saturated heterocycles. The summed E-state index contributed by atoms with van der Waals surface area (Å²) in [5, 5.41) is 10.9. The average Bonchev–Trinajstić information content (AvgIpc) is 2.65. The molecule has 0 saturated carbocycles. The van der Waals surface area contributed by atoms with Gasteiger partial charge in [0, 0.05) is 36.1 Å². The highest BCUT2D eigenvalue weighted by molar-refractivity contribution is 5.92. The first-order valence-electron chi connectivity index (χ1n) is 5.40. The second-order valence-corrected chi connectivity index (χ2v) is 3.93. The van der Waals surface area contributed by atoms with Crippen LogP contribution in [0.3, 0.4) is 0 Å². The minimum Gasteiger partial charge on any atom is -0.380 e. The van der Waals surface area contributed by atoms with Crippen LogP contribution in [0.2, 0.25) is 0 Å². The molecule has 0 aliphatic heterocycles. The average molecular weight is 217 g/mol. The lowest BCUT2D eigenvalue weighted by Crippen LogP contribution is -2.09. The van der Waals surface area contributed by atoms with Gasteiger partial charge in [-0.1, -0.05) is 25.1 Å². The Balaban J connectivity index is 2.57. The van der Waals surface area contributed by atoms with Crippen molar-refractivity contribution < 1.29 is 9.90 Å². The summed E-state index contributed by atoms with van der Waals surface area (Å²) in [5.74, 6) is -0.142. The third-order valence-electron chi connectivity index (χ3n) is 2.88. The van der Waals surface area contributed by atoms with E-state index in [1.54, 1.807) is 6.92 Å². The number of ketones is 1. The van der Waals surface area contributed by atoms with Gasteiger partial charge in [-0.3, -0.25) is 4.79 Å². The van der Waals surface area contributed by atoms with E-state index >= 15 is 0 Å². The molecule has 0 amide bonds. The number of aromatic nitrogens is 1. The maximum Gasteiger partial charge on any atom is 0.165 e. The summed E-state index contributed by atoms with van der Waals surface area (Å²) in [4.78, 5) is 11.5. The van der Waals surface area contributed by atoms with Crippen LogP contribution < -0.4 is 0 Å². The van der Waals surface area contributed by atoms with Gasteiger partial charge in [0.2, 0.25) is 0 Å². The molecule has 2 aromatic rings. The molecule has 1 heterocycles. The van der Waals surface area contributed by atoms with Crippen LogP contribution in [-0.4, -0.2) is 15.5 Å². The van der Waals surface area contributed by atoms with E-state index < -0.39 is 6.10 Å². The summed E-state index contributed by atoms with van der Waals surface area (Å²) in [5.41, 5.74) is 1.73. The van der Waals surface area contributed by atoms with Crippen LogP contribution in [-0.2, 0) is 11.8 Å². The summed E-state index contributed by atoms with van der Waals surface area (Å²) >= 11 is 0. The van der Waals surface area contributed by atoms with Gasteiger partial charge in [-0.05, 0) is 6.07 Å². The minimum atomic E-state index is -1.00. The van der Waals surface area contributed by atoms with E-state index in [0.29, 0.717) is 12.0 Å². The molecule has 2 rings (SSSR count). The highest BCUT2D eigenvalue weighted by atomic mass is 16.3. The summed E-state index contributed by atoms with van der Waals surface area (Å²) in [6, 6.07) is 7.76. The predicted molar refractivity (Wildman–Crippen MR) is 63.2 cm³/mol. The van der Waals surface area contributed by atoms with Crippen molar-refractivity contribution >= 4 is 16.7 Å². The fourth-order valence-electron chi connectivity index (χ4n) is 1.96. The molecule has 0 fully saturated rings. The molecule has 0 aliphatic rings.